The van der Waals surface area contributed by atoms with Gasteiger partial charge < -0.3 is 9.63 Å². The molecule has 1 unspecified atom stereocenters. The maximum absolute atomic E-state index is 12.0. The largest absolute Gasteiger partial charge is 0.575 e. The first-order valence-electron chi connectivity index (χ1n) is 8.80. The molecule has 0 bridgehead atoms. The summed E-state index contributed by atoms with van der Waals surface area (Å²) < 4.78 is 14.4. The van der Waals surface area contributed by atoms with Gasteiger partial charge in [0.25, 0.3) is 0 Å². The zero-order valence-corrected chi connectivity index (χ0v) is 17.0. The molecule has 0 fully saturated rings. The first-order chi connectivity index (χ1) is 11.7. The van der Waals surface area contributed by atoms with Crippen molar-refractivity contribution in [2.75, 3.05) is 6.61 Å². The van der Waals surface area contributed by atoms with Crippen LogP contribution < -0.4 is 9.42 Å². The lowest BCUT2D eigenvalue weighted by atomic mass is 9.87. The number of nitrogens with zero attached hydrogens (tertiary/aromatic N) is 1. The van der Waals surface area contributed by atoms with E-state index >= 15 is 0 Å². The molecule has 0 heterocycles. The van der Waals surface area contributed by atoms with E-state index < -0.39 is 20.2 Å². The highest BCUT2D eigenvalue weighted by Gasteiger charge is 2.20. The van der Waals surface area contributed by atoms with Gasteiger partial charge in [-0.2, -0.15) is 0 Å². The Balaban J connectivity index is 2.60. The predicted molar refractivity (Wildman–Crippen MR) is 99.6 cm³/mol. The smallest absolute Gasteiger partial charge is 0.395 e. The van der Waals surface area contributed by atoms with Crippen molar-refractivity contribution in [3.63, 3.8) is 0 Å². The third-order valence-corrected chi connectivity index (χ3v) is 5.03. The Labute approximate surface area is 152 Å². The number of carbonyl (C=O) groups is 1. The Kier molecular flexibility index (Phi) is 8.54. The van der Waals surface area contributed by atoms with Crippen LogP contribution in [-0.2, 0) is 14.9 Å². The fourth-order valence-electron chi connectivity index (χ4n) is 2.16. The van der Waals surface area contributed by atoms with Gasteiger partial charge in [-0.1, -0.05) is 64.3 Å². The molecule has 0 aromatic heterocycles. The quantitative estimate of drug-likeness (QED) is 0.498. The minimum absolute atomic E-state index is 0.0399. The maximum Gasteiger partial charge on any atom is 0.395 e. The van der Waals surface area contributed by atoms with E-state index in [2.05, 4.69) is 39.4 Å². The Morgan fingerprint density at radius 3 is 2.24 bits per heavy atom. The lowest BCUT2D eigenvalue weighted by molar-refractivity contribution is -0.169. The molecule has 0 aliphatic carbocycles. The molecule has 0 N–H and O–H groups in total. The van der Waals surface area contributed by atoms with Crippen LogP contribution in [0.5, 0.6) is 5.75 Å². The van der Waals surface area contributed by atoms with Crippen LogP contribution in [0.3, 0.4) is 0 Å². The SMILES string of the molecule is CCC(CC)COC(=O)[C@H](C)N=[P+]([O-])Oc1ccc(C(C)(C)C)cc1. The molecule has 2 atom stereocenters. The summed E-state index contributed by atoms with van der Waals surface area (Å²) in [5, 5.41) is 0. The van der Waals surface area contributed by atoms with Crippen LogP contribution in [0.15, 0.2) is 29.0 Å². The van der Waals surface area contributed by atoms with Crippen LogP contribution in [0, 0.1) is 5.92 Å². The van der Waals surface area contributed by atoms with Crippen LogP contribution in [0.1, 0.15) is 59.9 Å². The molecule has 0 amide bonds. The number of carbonyl (C=O) groups excluding carboxylic acids is 1. The highest BCUT2D eigenvalue weighted by Crippen LogP contribution is 2.28. The first kappa shape index (κ1) is 21.6. The number of ether oxygens (including phenoxy) is 1. The average molecular weight is 367 g/mol. The van der Waals surface area contributed by atoms with Gasteiger partial charge in [0.1, 0.15) is 0 Å². The van der Waals surface area contributed by atoms with E-state index in [-0.39, 0.29) is 5.41 Å². The van der Waals surface area contributed by atoms with Crippen molar-refractivity contribution in [3.05, 3.63) is 29.8 Å². The molecule has 1 rings (SSSR count). The van der Waals surface area contributed by atoms with Crippen molar-refractivity contribution in [3.8, 4) is 5.75 Å². The van der Waals surface area contributed by atoms with Gasteiger partial charge in [-0.05, 0) is 36.0 Å². The highest BCUT2D eigenvalue weighted by molar-refractivity contribution is 7.34. The van der Waals surface area contributed by atoms with E-state index in [1.165, 1.54) is 0 Å². The van der Waals surface area contributed by atoms with Gasteiger partial charge in [0.2, 0.25) is 0 Å². The van der Waals surface area contributed by atoms with E-state index in [1.54, 1.807) is 19.1 Å². The van der Waals surface area contributed by atoms with Crippen LogP contribution >= 0.6 is 8.17 Å². The Morgan fingerprint density at radius 1 is 1.20 bits per heavy atom. The fourth-order valence-corrected chi connectivity index (χ4v) is 2.89. The summed E-state index contributed by atoms with van der Waals surface area (Å²) in [6.07, 6.45) is 1.91. The van der Waals surface area contributed by atoms with Crippen LogP contribution in [0.25, 0.3) is 0 Å². The van der Waals surface area contributed by atoms with E-state index in [9.17, 15) is 9.69 Å². The first-order valence-corrected chi connectivity index (χ1v) is 9.93. The minimum atomic E-state index is -2.33. The van der Waals surface area contributed by atoms with Gasteiger partial charge in [-0.3, -0.25) is 4.52 Å². The number of rotatable bonds is 8. The lowest BCUT2D eigenvalue weighted by Crippen LogP contribution is -2.21. The molecular weight excluding hydrogens is 337 g/mol. The average Bonchev–Trinajstić information content (AvgIpc) is 2.55. The van der Waals surface area contributed by atoms with Crippen molar-refractivity contribution >= 4 is 14.1 Å². The standard InChI is InChI=1S/C19H30NO4P/c1-7-15(8-2)13-23-18(21)14(3)20-25(22)24-17-11-9-16(10-12-17)19(4,5)6/h9-12,14-15H,7-8,13H2,1-6H3/t14-/m0/s1. The highest BCUT2D eigenvalue weighted by atomic mass is 31.1. The molecule has 0 spiro atoms. The fraction of sp³-hybridized carbons (Fsp3) is 0.632. The molecule has 1 aromatic rings. The summed E-state index contributed by atoms with van der Waals surface area (Å²) >= 11 is 0. The molecule has 5 nitrogen and oxygen atoms in total. The van der Waals surface area contributed by atoms with E-state index in [0.717, 1.165) is 18.4 Å². The van der Waals surface area contributed by atoms with Gasteiger partial charge in [-0.15, -0.1) is 0 Å². The molecule has 0 saturated carbocycles. The molecule has 0 aliphatic heterocycles. The summed E-state index contributed by atoms with van der Waals surface area (Å²) in [7, 11) is -2.33. The van der Waals surface area contributed by atoms with Crippen LogP contribution in [0.4, 0.5) is 0 Å². The maximum atomic E-state index is 12.0. The zero-order valence-electron chi connectivity index (χ0n) is 16.1. The van der Waals surface area contributed by atoms with Crippen molar-refractivity contribution in [1.29, 1.82) is 0 Å². The van der Waals surface area contributed by atoms with Crippen molar-refractivity contribution in [1.82, 2.24) is 0 Å². The van der Waals surface area contributed by atoms with Gasteiger partial charge in [0.15, 0.2) is 11.8 Å². The second-order valence-electron chi connectivity index (χ2n) is 7.21. The van der Waals surface area contributed by atoms with Gasteiger partial charge >= 0.3 is 14.1 Å². The van der Waals surface area contributed by atoms with Gasteiger partial charge in [0.05, 0.1) is 6.61 Å². The molecule has 6 heteroatoms. The number of esters is 1. The summed E-state index contributed by atoms with van der Waals surface area (Å²) in [5.74, 6) is 0.347. The second kappa shape index (κ2) is 9.88. The number of hydrogen-bond donors (Lipinski definition) is 0. The molecule has 140 valence electrons. The summed E-state index contributed by atoms with van der Waals surface area (Å²) in [4.78, 5) is 23.9. The molecule has 25 heavy (non-hydrogen) atoms. The van der Waals surface area contributed by atoms with Crippen LogP contribution in [0.2, 0.25) is 0 Å². The number of benzene rings is 1. The third kappa shape index (κ3) is 7.54. The van der Waals surface area contributed by atoms with Gasteiger partial charge in [0, 0.05) is 0 Å². The molecular formula is C19H30NO4P. The third-order valence-electron chi connectivity index (χ3n) is 4.13. The van der Waals surface area contributed by atoms with Crippen molar-refractivity contribution in [2.45, 2.75) is 65.8 Å². The van der Waals surface area contributed by atoms with E-state index in [1.807, 2.05) is 12.1 Å². The number of hydrogen-bond acceptors (Lipinski definition) is 5. The molecule has 0 aliphatic rings. The normalized spacial score (nSPS) is 13.7. The Morgan fingerprint density at radius 2 is 1.76 bits per heavy atom. The minimum Gasteiger partial charge on any atom is -0.575 e. The predicted octanol–water partition coefficient (Wildman–Crippen LogP) is 4.59. The van der Waals surface area contributed by atoms with Crippen molar-refractivity contribution < 1.29 is 18.9 Å². The Bertz CT molecular complexity index is 574. The van der Waals surface area contributed by atoms with E-state index in [4.69, 9.17) is 9.26 Å². The molecule has 0 saturated heterocycles. The van der Waals surface area contributed by atoms with Gasteiger partial charge in [-0.25, -0.2) is 4.79 Å². The summed E-state index contributed by atoms with van der Waals surface area (Å²) in [6, 6.07) is 6.59. The lowest BCUT2D eigenvalue weighted by Gasteiger charge is -2.18. The van der Waals surface area contributed by atoms with Crippen LogP contribution in [-0.4, -0.2) is 18.6 Å². The molecule has 0 radical (unpaired) electrons. The monoisotopic (exact) mass is 367 g/mol. The Hall–Kier alpha value is -1.45. The zero-order chi connectivity index (χ0) is 19.0. The van der Waals surface area contributed by atoms with E-state index in [0.29, 0.717) is 18.3 Å². The summed E-state index contributed by atoms with van der Waals surface area (Å²) in [6.45, 7) is 12.4. The second-order valence-corrected chi connectivity index (χ2v) is 8.10. The van der Waals surface area contributed by atoms with Crippen molar-refractivity contribution in [2.24, 2.45) is 10.7 Å². The molecule has 1 aromatic carbocycles. The topological polar surface area (TPSA) is 71.0 Å². The summed E-state index contributed by atoms with van der Waals surface area (Å²) in [5.41, 5.74) is 1.20.